The van der Waals surface area contributed by atoms with Crippen molar-refractivity contribution in [2.45, 2.75) is 13.5 Å². The van der Waals surface area contributed by atoms with Gasteiger partial charge in [0.1, 0.15) is 0 Å². The highest BCUT2D eigenvalue weighted by molar-refractivity contribution is 6.31. The zero-order chi connectivity index (χ0) is 10.8. The van der Waals surface area contributed by atoms with E-state index in [9.17, 15) is 4.79 Å². The van der Waals surface area contributed by atoms with Crippen LogP contribution in [0.1, 0.15) is 12.6 Å². The van der Waals surface area contributed by atoms with Gasteiger partial charge in [-0.15, -0.1) is 0 Å². The Bertz CT molecular complexity index is 506. The van der Waals surface area contributed by atoms with E-state index in [1.54, 1.807) is 6.07 Å². The van der Waals surface area contributed by atoms with E-state index in [0.717, 1.165) is 16.6 Å². The number of carbonyl (C=O) groups is 1. The number of hydrogen-bond donors (Lipinski definition) is 2. The number of rotatable bonds is 2. The molecule has 4 nitrogen and oxygen atoms in total. The molecule has 0 radical (unpaired) electrons. The predicted octanol–water partition coefficient (Wildman–Crippen LogP) is 1.85. The third-order valence-electron chi connectivity index (χ3n) is 2.11. The molecule has 1 aromatic carbocycles. The number of aromatic nitrogens is 2. The Kier molecular flexibility index (Phi) is 2.60. The van der Waals surface area contributed by atoms with Gasteiger partial charge in [0.2, 0.25) is 5.91 Å². The normalized spacial score (nSPS) is 10.5. The molecule has 0 spiro atoms. The molecule has 5 heteroatoms. The van der Waals surface area contributed by atoms with Crippen molar-refractivity contribution in [3.8, 4) is 0 Å². The zero-order valence-corrected chi connectivity index (χ0v) is 8.93. The smallest absolute Gasteiger partial charge is 0.217 e. The lowest BCUT2D eigenvalue weighted by Crippen LogP contribution is -2.19. The van der Waals surface area contributed by atoms with E-state index >= 15 is 0 Å². The molecule has 0 aliphatic heterocycles. The highest BCUT2D eigenvalue weighted by Gasteiger charge is 2.05. The van der Waals surface area contributed by atoms with Crippen molar-refractivity contribution in [1.29, 1.82) is 0 Å². The lowest BCUT2D eigenvalue weighted by Gasteiger charge is -1.98. The average Bonchev–Trinajstić information content (AvgIpc) is 2.57. The minimum Gasteiger partial charge on any atom is -0.351 e. The second-order valence-electron chi connectivity index (χ2n) is 3.27. The van der Waals surface area contributed by atoms with Crippen LogP contribution in [0, 0.1) is 0 Å². The Hall–Kier alpha value is -1.55. The summed E-state index contributed by atoms with van der Waals surface area (Å²) in [5.41, 5.74) is 1.71. The van der Waals surface area contributed by atoms with Gasteiger partial charge >= 0.3 is 0 Å². The minimum absolute atomic E-state index is 0.0758. The van der Waals surface area contributed by atoms with Crippen LogP contribution in [0.3, 0.4) is 0 Å². The van der Waals surface area contributed by atoms with E-state index in [0.29, 0.717) is 11.6 Å². The molecule has 0 atom stereocenters. The first-order chi connectivity index (χ1) is 7.16. The maximum atomic E-state index is 10.8. The Balaban J connectivity index is 2.35. The number of benzene rings is 1. The van der Waals surface area contributed by atoms with Crippen LogP contribution in [0.2, 0.25) is 5.02 Å². The molecular weight excluding hydrogens is 214 g/mol. The average molecular weight is 224 g/mol. The third kappa shape index (κ3) is 2.10. The van der Waals surface area contributed by atoms with Crippen LogP contribution in [-0.2, 0) is 11.3 Å². The fourth-order valence-electron chi connectivity index (χ4n) is 1.38. The molecular formula is C10H10ClN3O. The van der Waals surface area contributed by atoms with Gasteiger partial charge in [0, 0.05) is 17.3 Å². The van der Waals surface area contributed by atoms with Crippen LogP contribution in [0.15, 0.2) is 18.2 Å². The van der Waals surface area contributed by atoms with E-state index in [-0.39, 0.29) is 5.91 Å². The maximum absolute atomic E-state index is 10.8. The molecule has 2 N–H and O–H groups in total. The van der Waals surface area contributed by atoms with Gasteiger partial charge < -0.3 is 5.32 Å². The number of amides is 1. The summed E-state index contributed by atoms with van der Waals surface area (Å²) >= 11 is 5.88. The van der Waals surface area contributed by atoms with Gasteiger partial charge in [-0.05, 0) is 18.2 Å². The summed E-state index contributed by atoms with van der Waals surface area (Å²) in [7, 11) is 0. The Morgan fingerprint density at radius 2 is 2.40 bits per heavy atom. The van der Waals surface area contributed by atoms with Crippen molar-refractivity contribution >= 4 is 28.4 Å². The van der Waals surface area contributed by atoms with Crippen LogP contribution in [0.5, 0.6) is 0 Å². The molecule has 0 unspecified atom stereocenters. The summed E-state index contributed by atoms with van der Waals surface area (Å²) in [6.45, 7) is 1.89. The molecule has 78 valence electrons. The number of halogens is 1. The van der Waals surface area contributed by atoms with Gasteiger partial charge in [-0.2, -0.15) is 5.10 Å². The fourth-order valence-corrected chi connectivity index (χ4v) is 1.56. The highest BCUT2D eigenvalue weighted by Crippen LogP contribution is 2.20. The fraction of sp³-hybridized carbons (Fsp3) is 0.200. The van der Waals surface area contributed by atoms with E-state index in [2.05, 4.69) is 15.5 Å². The predicted molar refractivity (Wildman–Crippen MR) is 58.6 cm³/mol. The van der Waals surface area contributed by atoms with Crippen LogP contribution in [0.25, 0.3) is 10.9 Å². The number of aromatic amines is 1. The summed E-state index contributed by atoms with van der Waals surface area (Å²) in [6, 6.07) is 5.49. The Morgan fingerprint density at radius 1 is 1.60 bits per heavy atom. The van der Waals surface area contributed by atoms with Crippen LogP contribution < -0.4 is 5.32 Å². The van der Waals surface area contributed by atoms with E-state index in [1.807, 2.05) is 12.1 Å². The van der Waals surface area contributed by atoms with Crippen molar-refractivity contribution in [1.82, 2.24) is 15.5 Å². The van der Waals surface area contributed by atoms with E-state index in [1.165, 1.54) is 6.92 Å². The standard InChI is InChI=1S/C10H10ClN3O/c1-6(15)12-5-10-8-4-7(11)2-3-9(8)13-14-10/h2-4H,5H2,1H3,(H,12,15)(H,13,14). The molecule has 0 aliphatic carbocycles. The first-order valence-corrected chi connectivity index (χ1v) is 4.91. The van der Waals surface area contributed by atoms with Crippen molar-refractivity contribution in [2.24, 2.45) is 0 Å². The largest absolute Gasteiger partial charge is 0.351 e. The SMILES string of the molecule is CC(=O)NCc1n[nH]c2ccc(Cl)cc12. The second-order valence-corrected chi connectivity index (χ2v) is 3.71. The van der Waals surface area contributed by atoms with Crippen LogP contribution in [0.4, 0.5) is 0 Å². The molecule has 1 heterocycles. The number of hydrogen-bond acceptors (Lipinski definition) is 2. The number of H-pyrrole nitrogens is 1. The van der Waals surface area contributed by atoms with E-state index in [4.69, 9.17) is 11.6 Å². The Morgan fingerprint density at radius 3 is 3.13 bits per heavy atom. The first-order valence-electron chi connectivity index (χ1n) is 4.54. The van der Waals surface area contributed by atoms with Crippen molar-refractivity contribution in [2.75, 3.05) is 0 Å². The molecule has 0 bridgehead atoms. The lowest BCUT2D eigenvalue weighted by atomic mass is 10.2. The summed E-state index contributed by atoms with van der Waals surface area (Å²) < 4.78 is 0. The molecule has 1 aromatic heterocycles. The maximum Gasteiger partial charge on any atom is 0.217 e. The molecule has 2 rings (SSSR count). The van der Waals surface area contributed by atoms with Gasteiger partial charge in [-0.25, -0.2) is 0 Å². The van der Waals surface area contributed by atoms with Crippen LogP contribution >= 0.6 is 11.6 Å². The number of fused-ring (bicyclic) bond motifs is 1. The second kappa shape index (κ2) is 3.90. The number of nitrogens with one attached hydrogen (secondary N) is 2. The summed E-state index contributed by atoms with van der Waals surface area (Å²) in [5, 5.41) is 11.3. The number of carbonyl (C=O) groups excluding carboxylic acids is 1. The molecule has 1 amide bonds. The highest BCUT2D eigenvalue weighted by atomic mass is 35.5. The van der Waals surface area contributed by atoms with E-state index < -0.39 is 0 Å². The summed E-state index contributed by atoms with van der Waals surface area (Å²) in [4.78, 5) is 10.8. The van der Waals surface area contributed by atoms with Crippen molar-refractivity contribution in [3.63, 3.8) is 0 Å². The van der Waals surface area contributed by atoms with Crippen molar-refractivity contribution < 1.29 is 4.79 Å². The monoisotopic (exact) mass is 223 g/mol. The first kappa shape index (κ1) is 9.98. The third-order valence-corrected chi connectivity index (χ3v) is 2.34. The lowest BCUT2D eigenvalue weighted by molar-refractivity contribution is -0.119. The summed E-state index contributed by atoms with van der Waals surface area (Å²) in [6.07, 6.45) is 0. The van der Waals surface area contributed by atoms with Gasteiger partial charge in [0.25, 0.3) is 0 Å². The summed E-state index contributed by atoms with van der Waals surface area (Å²) in [5.74, 6) is -0.0758. The van der Waals surface area contributed by atoms with Gasteiger partial charge in [0.15, 0.2) is 0 Å². The van der Waals surface area contributed by atoms with Gasteiger partial charge in [0.05, 0.1) is 17.8 Å². The minimum atomic E-state index is -0.0758. The molecule has 2 aromatic rings. The van der Waals surface area contributed by atoms with Crippen LogP contribution in [-0.4, -0.2) is 16.1 Å². The topological polar surface area (TPSA) is 57.8 Å². The van der Waals surface area contributed by atoms with Crippen molar-refractivity contribution in [3.05, 3.63) is 28.9 Å². The molecule has 15 heavy (non-hydrogen) atoms. The molecule has 0 aliphatic rings. The molecule has 0 saturated heterocycles. The molecule has 0 fully saturated rings. The zero-order valence-electron chi connectivity index (χ0n) is 8.17. The van der Waals surface area contributed by atoms with Gasteiger partial charge in [-0.3, -0.25) is 9.89 Å². The van der Waals surface area contributed by atoms with Gasteiger partial charge in [-0.1, -0.05) is 11.6 Å². The quantitative estimate of drug-likeness (QED) is 0.817. The Labute approximate surface area is 91.6 Å². The molecule has 0 saturated carbocycles. The number of nitrogens with zero attached hydrogens (tertiary/aromatic N) is 1.